The van der Waals surface area contributed by atoms with Gasteiger partial charge in [-0.25, -0.2) is 9.97 Å². The predicted molar refractivity (Wildman–Crippen MR) is 88.3 cm³/mol. The Hall–Kier alpha value is -2.33. The highest BCUT2D eigenvalue weighted by molar-refractivity contribution is 6.04. The van der Waals surface area contributed by atoms with E-state index in [9.17, 15) is 15.3 Å². The standard InChI is InChI=1S/C16H18N4O5/c1-16(23)12(22)9(6-21)25-15(16)20-5-8-3-4-10(24-2)19-13-11(8)14(20)18-7-17-13/h3-5,7,9,12,15,21-23H,6H2,1-2H3/t9-,12-,15?,16-/m1/s1. The van der Waals surface area contributed by atoms with Crippen LogP contribution in [0.2, 0.25) is 0 Å². The molecule has 0 spiro atoms. The minimum absolute atomic E-state index is 0.401. The number of hydrogen-bond donors (Lipinski definition) is 3. The van der Waals surface area contributed by atoms with Crippen molar-refractivity contribution in [1.82, 2.24) is 14.5 Å². The van der Waals surface area contributed by atoms with Crippen molar-refractivity contribution in [3.05, 3.63) is 24.2 Å². The van der Waals surface area contributed by atoms with Crippen LogP contribution in [0.25, 0.3) is 17.1 Å². The molecular formula is C16H18N4O5. The van der Waals surface area contributed by atoms with E-state index in [2.05, 4.69) is 15.0 Å². The first kappa shape index (κ1) is 16.2. The van der Waals surface area contributed by atoms with Crippen LogP contribution in [0.5, 0.6) is 0 Å². The molecule has 4 rings (SSSR count). The van der Waals surface area contributed by atoms with Gasteiger partial charge in [0.25, 0.3) is 0 Å². The Kier molecular flexibility index (Phi) is 3.62. The van der Waals surface area contributed by atoms with Gasteiger partial charge in [0.15, 0.2) is 12.0 Å². The molecule has 4 heterocycles. The first-order valence-corrected chi connectivity index (χ1v) is 7.80. The largest absolute Gasteiger partial charge is 0.481 e. The smallest absolute Gasteiger partial charge is 0.215 e. The Morgan fingerprint density at radius 1 is 1.36 bits per heavy atom. The molecule has 0 aliphatic carbocycles. The SMILES string of the molecule is COC1=Nc2ncnc3c2c(cn3C2O[C@H](CO)[C@@H](O)[C@@]2(C)O)C=C1. The molecule has 1 saturated heterocycles. The number of aliphatic hydroxyl groups excluding tert-OH is 2. The number of rotatable bonds is 2. The molecule has 0 radical (unpaired) electrons. The minimum atomic E-state index is -1.60. The van der Waals surface area contributed by atoms with Crippen LogP contribution < -0.4 is 0 Å². The molecule has 0 aromatic carbocycles. The van der Waals surface area contributed by atoms with Crippen LogP contribution >= 0.6 is 0 Å². The minimum Gasteiger partial charge on any atom is -0.481 e. The van der Waals surface area contributed by atoms with Gasteiger partial charge in [0.05, 0.1) is 19.1 Å². The van der Waals surface area contributed by atoms with E-state index in [0.717, 1.165) is 5.56 Å². The molecule has 9 nitrogen and oxygen atoms in total. The zero-order valence-electron chi connectivity index (χ0n) is 13.7. The molecule has 4 atom stereocenters. The molecule has 25 heavy (non-hydrogen) atoms. The van der Waals surface area contributed by atoms with Crippen LogP contribution in [0.15, 0.2) is 23.6 Å². The summed E-state index contributed by atoms with van der Waals surface area (Å²) < 4.78 is 12.5. The summed E-state index contributed by atoms with van der Waals surface area (Å²) >= 11 is 0. The Bertz CT molecular complexity index is 888. The third-order valence-corrected chi connectivity index (χ3v) is 4.64. The molecule has 3 N–H and O–H groups in total. The van der Waals surface area contributed by atoms with Gasteiger partial charge in [-0.05, 0) is 13.0 Å². The van der Waals surface area contributed by atoms with E-state index < -0.39 is 30.6 Å². The molecule has 1 fully saturated rings. The van der Waals surface area contributed by atoms with Crippen molar-refractivity contribution in [2.75, 3.05) is 13.7 Å². The highest BCUT2D eigenvalue weighted by Gasteiger charge is 2.53. The lowest BCUT2D eigenvalue weighted by Gasteiger charge is -2.27. The maximum Gasteiger partial charge on any atom is 0.215 e. The fourth-order valence-electron chi connectivity index (χ4n) is 3.29. The molecule has 1 unspecified atom stereocenters. The first-order chi connectivity index (χ1) is 12.0. The van der Waals surface area contributed by atoms with Crippen molar-refractivity contribution in [2.24, 2.45) is 4.99 Å². The Morgan fingerprint density at radius 3 is 2.84 bits per heavy atom. The summed E-state index contributed by atoms with van der Waals surface area (Å²) in [5.41, 5.74) is -0.319. The second-order valence-corrected chi connectivity index (χ2v) is 6.26. The van der Waals surface area contributed by atoms with Crippen molar-refractivity contribution in [2.45, 2.75) is 31.0 Å². The van der Waals surface area contributed by atoms with Gasteiger partial charge < -0.3 is 29.4 Å². The van der Waals surface area contributed by atoms with Gasteiger partial charge in [-0.15, -0.1) is 0 Å². The van der Waals surface area contributed by atoms with E-state index in [1.165, 1.54) is 20.4 Å². The normalized spacial score (nSPS) is 31.2. The zero-order chi connectivity index (χ0) is 17.8. The van der Waals surface area contributed by atoms with Gasteiger partial charge in [0.1, 0.15) is 29.8 Å². The van der Waals surface area contributed by atoms with E-state index >= 15 is 0 Å². The van der Waals surface area contributed by atoms with Crippen molar-refractivity contribution < 1.29 is 24.8 Å². The van der Waals surface area contributed by atoms with E-state index in [1.807, 2.05) is 6.08 Å². The summed E-state index contributed by atoms with van der Waals surface area (Å²) in [6.45, 7) is 1.07. The number of hydrogen-bond acceptors (Lipinski definition) is 8. The van der Waals surface area contributed by atoms with Crippen molar-refractivity contribution in [3.63, 3.8) is 0 Å². The van der Waals surface area contributed by atoms with E-state index in [4.69, 9.17) is 9.47 Å². The fraction of sp³-hybridized carbons (Fsp3) is 0.438. The van der Waals surface area contributed by atoms with Crippen LogP contribution in [0.3, 0.4) is 0 Å². The topological polar surface area (TPSA) is 122 Å². The summed E-state index contributed by atoms with van der Waals surface area (Å²) in [4.78, 5) is 12.8. The van der Waals surface area contributed by atoms with Crippen molar-refractivity contribution >= 4 is 28.8 Å². The number of methoxy groups -OCH3 is 1. The maximum absolute atomic E-state index is 10.7. The molecule has 2 aliphatic rings. The van der Waals surface area contributed by atoms with Gasteiger partial charge in [-0.3, -0.25) is 0 Å². The quantitative estimate of drug-likeness (QED) is 0.707. The summed E-state index contributed by atoms with van der Waals surface area (Å²) in [7, 11) is 1.53. The van der Waals surface area contributed by atoms with Gasteiger partial charge in [0, 0.05) is 17.8 Å². The molecule has 9 heteroatoms. The second-order valence-electron chi connectivity index (χ2n) is 6.26. The lowest BCUT2D eigenvalue weighted by atomic mass is 9.96. The molecule has 0 saturated carbocycles. The Balaban J connectivity index is 1.89. The first-order valence-electron chi connectivity index (χ1n) is 7.80. The lowest BCUT2D eigenvalue weighted by Crippen LogP contribution is -2.44. The third-order valence-electron chi connectivity index (χ3n) is 4.64. The second kappa shape index (κ2) is 5.60. The Morgan fingerprint density at radius 2 is 2.16 bits per heavy atom. The highest BCUT2D eigenvalue weighted by Crippen LogP contribution is 2.41. The molecule has 132 valence electrons. The van der Waals surface area contributed by atoms with Crippen molar-refractivity contribution in [3.8, 4) is 0 Å². The summed E-state index contributed by atoms with van der Waals surface area (Å²) in [6, 6.07) is 0. The average molecular weight is 346 g/mol. The van der Waals surface area contributed by atoms with Gasteiger partial charge in [-0.1, -0.05) is 0 Å². The summed E-state index contributed by atoms with van der Waals surface area (Å²) in [6.07, 6.45) is 3.60. The van der Waals surface area contributed by atoms with Crippen LogP contribution in [0, 0.1) is 0 Å². The van der Waals surface area contributed by atoms with Crippen LogP contribution in [0.4, 0.5) is 5.82 Å². The molecular weight excluding hydrogens is 328 g/mol. The van der Waals surface area contributed by atoms with E-state index in [-0.39, 0.29) is 0 Å². The lowest BCUT2D eigenvalue weighted by molar-refractivity contribution is -0.0948. The number of aliphatic imine (C=N–C) groups is 1. The van der Waals surface area contributed by atoms with E-state index in [0.29, 0.717) is 22.7 Å². The number of aromatic nitrogens is 3. The summed E-state index contributed by atoms with van der Waals surface area (Å²) in [5.74, 6) is 0.861. The van der Waals surface area contributed by atoms with Gasteiger partial charge in [-0.2, -0.15) is 4.99 Å². The van der Waals surface area contributed by atoms with Gasteiger partial charge >= 0.3 is 0 Å². The monoisotopic (exact) mass is 346 g/mol. The number of nitrogens with zero attached hydrogens (tertiary/aromatic N) is 4. The third kappa shape index (κ3) is 2.28. The Labute approximate surface area is 142 Å². The predicted octanol–water partition coefficient (Wildman–Crippen LogP) is 0.136. The molecule has 0 bridgehead atoms. The van der Waals surface area contributed by atoms with Crippen LogP contribution in [0.1, 0.15) is 18.7 Å². The number of ether oxygens (including phenoxy) is 2. The fourth-order valence-corrected chi connectivity index (χ4v) is 3.29. The molecule has 2 aromatic rings. The average Bonchev–Trinajstić information content (AvgIpc) is 2.99. The van der Waals surface area contributed by atoms with Gasteiger partial charge in [0.2, 0.25) is 5.90 Å². The molecule has 2 aliphatic heterocycles. The number of aliphatic hydroxyl groups is 3. The highest BCUT2D eigenvalue weighted by atomic mass is 16.6. The zero-order valence-corrected chi connectivity index (χ0v) is 13.7. The summed E-state index contributed by atoms with van der Waals surface area (Å²) in [5, 5.41) is 31.0. The molecule has 2 aromatic heterocycles. The van der Waals surface area contributed by atoms with Crippen molar-refractivity contribution in [1.29, 1.82) is 0 Å². The van der Waals surface area contributed by atoms with E-state index in [1.54, 1.807) is 16.8 Å². The van der Waals surface area contributed by atoms with Crippen LogP contribution in [-0.4, -0.2) is 67.3 Å². The molecule has 0 amide bonds. The maximum atomic E-state index is 10.7. The van der Waals surface area contributed by atoms with Crippen LogP contribution in [-0.2, 0) is 9.47 Å².